The Balaban J connectivity index is 1.40. The van der Waals surface area contributed by atoms with E-state index in [4.69, 9.17) is 11.6 Å². The lowest BCUT2D eigenvalue weighted by molar-refractivity contribution is -0.137. The van der Waals surface area contributed by atoms with Gasteiger partial charge in [-0.25, -0.2) is 0 Å². The molecule has 0 spiro atoms. The van der Waals surface area contributed by atoms with E-state index >= 15 is 0 Å². The molecule has 0 radical (unpaired) electrons. The van der Waals surface area contributed by atoms with Crippen molar-refractivity contribution < 1.29 is 18.0 Å². The molecule has 0 saturated carbocycles. The lowest BCUT2D eigenvalue weighted by Gasteiger charge is -2.49. The predicted octanol–water partition coefficient (Wildman–Crippen LogP) is 4.93. The van der Waals surface area contributed by atoms with Crippen LogP contribution in [0.15, 0.2) is 67.0 Å². The molecule has 1 N–H and O–H groups in total. The highest BCUT2D eigenvalue weighted by molar-refractivity contribution is 6.30. The van der Waals surface area contributed by atoms with Crippen LogP contribution in [-0.4, -0.2) is 41.5 Å². The van der Waals surface area contributed by atoms with Crippen LogP contribution in [0.5, 0.6) is 0 Å². The molecule has 3 aromatic rings. The van der Waals surface area contributed by atoms with Crippen molar-refractivity contribution in [2.75, 3.05) is 24.5 Å². The van der Waals surface area contributed by atoms with Gasteiger partial charge in [-0.15, -0.1) is 0 Å². The number of piperazine rings is 1. The van der Waals surface area contributed by atoms with Gasteiger partial charge in [-0.3, -0.25) is 14.7 Å². The molecular weight excluding hydrogens is 489 g/mol. The van der Waals surface area contributed by atoms with Crippen LogP contribution in [0.3, 0.4) is 0 Å². The summed E-state index contributed by atoms with van der Waals surface area (Å²) in [5, 5.41) is 3.68. The lowest BCUT2D eigenvalue weighted by Crippen LogP contribution is -2.60. The number of alkyl halides is 3. The van der Waals surface area contributed by atoms with Crippen molar-refractivity contribution in [3.05, 3.63) is 94.3 Å². The highest BCUT2D eigenvalue weighted by atomic mass is 35.5. The fourth-order valence-electron chi connectivity index (χ4n) is 5.17. The molecule has 2 atom stereocenters. The minimum atomic E-state index is -4.43. The Hall–Kier alpha value is -3.10. The van der Waals surface area contributed by atoms with Crippen LogP contribution in [0.2, 0.25) is 5.02 Å². The highest BCUT2D eigenvalue weighted by Gasteiger charge is 2.42. The first kappa shape index (κ1) is 24.6. The molecule has 2 aliphatic rings. The van der Waals surface area contributed by atoms with E-state index in [-0.39, 0.29) is 18.4 Å². The van der Waals surface area contributed by atoms with E-state index in [1.807, 2.05) is 36.4 Å². The van der Waals surface area contributed by atoms with Crippen LogP contribution in [0.25, 0.3) is 0 Å². The first-order chi connectivity index (χ1) is 17.3. The Morgan fingerprint density at radius 2 is 1.78 bits per heavy atom. The van der Waals surface area contributed by atoms with Gasteiger partial charge in [0, 0.05) is 55.8 Å². The van der Waals surface area contributed by atoms with Crippen molar-refractivity contribution in [1.82, 2.24) is 15.2 Å². The van der Waals surface area contributed by atoms with Gasteiger partial charge in [-0.2, -0.15) is 13.2 Å². The van der Waals surface area contributed by atoms with E-state index < -0.39 is 17.7 Å². The third kappa shape index (κ3) is 5.34. The summed E-state index contributed by atoms with van der Waals surface area (Å²) in [7, 11) is 0. The molecule has 5 rings (SSSR count). The number of fused-ring (bicyclic) bond motifs is 3. The van der Waals surface area contributed by atoms with Crippen LogP contribution in [-0.2, 0) is 30.5 Å². The van der Waals surface area contributed by atoms with Gasteiger partial charge in [0.05, 0.1) is 17.5 Å². The summed E-state index contributed by atoms with van der Waals surface area (Å²) < 4.78 is 40.3. The number of benzene rings is 2. The van der Waals surface area contributed by atoms with Crippen molar-refractivity contribution in [1.29, 1.82) is 0 Å². The highest BCUT2D eigenvalue weighted by Crippen LogP contribution is 2.40. The number of pyridine rings is 1. The second kappa shape index (κ2) is 10.1. The summed E-state index contributed by atoms with van der Waals surface area (Å²) in [5.41, 5.74) is 2.71. The molecule has 36 heavy (non-hydrogen) atoms. The number of nitrogens with zero attached hydrogens (tertiary/aromatic N) is 3. The average molecular weight is 515 g/mol. The largest absolute Gasteiger partial charge is 0.416 e. The molecular formula is C27H26ClF3N4O. The maximum Gasteiger partial charge on any atom is 0.416 e. The smallest absolute Gasteiger partial charge is 0.365 e. The number of carbonyl (C=O) groups is 1. The number of carbonyl (C=O) groups excluding carboxylic acids is 1. The number of aromatic nitrogens is 1. The first-order valence-corrected chi connectivity index (χ1v) is 12.3. The molecule has 0 bridgehead atoms. The summed E-state index contributed by atoms with van der Waals surface area (Å²) >= 11 is 6.02. The number of anilines is 1. The summed E-state index contributed by atoms with van der Waals surface area (Å²) in [5.74, 6) is -0.631. The Labute approximate surface area is 212 Å². The van der Waals surface area contributed by atoms with Gasteiger partial charge < -0.3 is 10.2 Å². The Morgan fingerprint density at radius 3 is 2.50 bits per heavy atom. The molecule has 1 saturated heterocycles. The Morgan fingerprint density at radius 1 is 1.03 bits per heavy atom. The zero-order valence-electron chi connectivity index (χ0n) is 19.5. The average Bonchev–Trinajstić information content (AvgIpc) is 2.88. The third-order valence-corrected chi connectivity index (χ3v) is 7.25. The molecule has 3 heterocycles. The normalized spacial score (nSPS) is 19.9. The van der Waals surface area contributed by atoms with Gasteiger partial charge in [0.2, 0.25) is 5.91 Å². The first-order valence-electron chi connectivity index (χ1n) is 11.9. The molecule has 1 fully saturated rings. The van der Waals surface area contributed by atoms with Gasteiger partial charge in [0.15, 0.2) is 0 Å². The van der Waals surface area contributed by atoms with E-state index in [9.17, 15) is 18.0 Å². The number of hydrogen-bond donors (Lipinski definition) is 1. The minimum absolute atomic E-state index is 0.146. The summed E-state index contributed by atoms with van der Waals surface area (Å²) in [6.07, 6.45) is -0.845. The van der Waals surface area contributed by atoms with Crippen LogP contribution < -0.4 is 10.2 Å². The van der Waals surface area contributed by atoms with Crippen LogP contribution in [0.1, 0.15) is 22.3 Å². The maximum absolute atomic E-state index is 13.4. The third-order valence-electron chi connectivity index (χ3n) is 7.00. The number of amides is 1. The topological polar surface area (TPSA) is 48.5 Å². The monoisotopic (exact) mass is 514 g/mol. The fourth-order valence-corrected chi connectivity index (χ4v) is 5.30. The molecule has 0 aliphatic carbocycles. The maximum atomic E-state index is 13.4. The van der Waals surface area contributed by atoms with E-state index in [1.165, 1.54) is 6.07 Å². The van der Waals surface area contributed by atoms with Crippen molar-refractivity contribution in [3.63, 3.8) is 0 Å². The Kier molecular flexibility index (Phi) is 6.90. The number of hydrogen-bond acceptors (Lipinski definition) is 4. The van der Waals surface area contributed by atoms with E-state index in [2.05, 4.69) is 20.1 Å². The van der Waals surface area contributed by atoms with Crippen LogP contribution in [0, 0.1) is 5.92 Å². The van der Waals surface area contributed by atoms with Crippen molar-refractivity contribution in [3.8, 4) is 0 Å². The van der Waals surface area contributed by atoms with E-state index in [0.29, 0.717) is 36.8 Å². The summed E-state index contributed by atoms with van der Waals surface area (Å²) in [6, 6.07) is 15.1. The standard InChI is InChI=1S/C27H26ClF3N4O/c28-22-4-1-19(2-5-22)16-34-11-12-35-24-6-3-21(27(29,30)31)13-20(24)14-23(25(35)17-34)26(36)33-15-18-7-9-32-10-8-18/h1-10,13,23,25H,11-12,14-17H2,(H,33,36)/t23-,25+/m1/s1. The molecule has 9 heteroatoms. The minimum Gasteiger partial charge on any atom is -0.365 e. The molecule has 5 nitrogen and oxygen atoms in total. The molecule has 1 amide bonds. The fraction of sp³-hybridized carbons (Fsp3) is 0.333. The number of halogens is 4. The SMILES string of the molecule is O=C(NCc1ccncc1)[C@@H]1Cc2cc(C(F)(F)F)ccc2N2CCN(Cc3ccc(Cl)cc3)C[C@@H]12. The van der Waals surface area contributed by atoms with Crippen LogP contribution >= 0.6 is 11.6 Å². The zero-order valence-corrected chi connectivity index (χ0v) is 20.3. The summed E-state index contributed by atoms with van der Waals surface area (Å²) in [6.45, 7) is 3.06. The van der Waals surface area contributed by atoms with Gasteiger partial charge in [0.25, 0.3) is 0 Å². The molecule has 1 aromatic heterocycles. The van der Waals surface area contributed by atoms with E-state index in [1.54, 1.807) is 18.5 Å². The lowest BCUT2D eigenvalue weighted by atomic mass is 9.82. The molecule has 188 valence electrons. The molecule has 0 unspecified atom stereocenters. The second-order valence-electron chi connectivity index (χ2n) is 9.35. The van der Waals surface area contributed by atoms with Gasteiger partial charge in [0.1, 0.15) is 0 Å². The van der Waals surface area contributed by atoms with Gasteiger partial charge in [-0.1, -0.05) is 23.7 Å². The van der Waals surface area contributed by atoms with Gasteiger partial charge >= 0.3 is 6.18 Å². The quantitative estimate of drug-likeness (QED) is 0.524. The number of rotatable bonds is 5. The molecule has 2 aliphatic heterocycles. The number of nitrogens with one attached hydrogen (secondary N) is 1. The Bertz CT molecular complexity index is 1220. The zero-order chi connectivity index (χ0) is 25.3. The predicted molar refractivity (Wildman–Crippen MR) is 133 cm³/mol. The van der Waals surface area contributed by atoms with Gasteiger partial charge in [-0.05, 0) is 65.6 Å². The summed E-state index contributed by atoms with van der Waals surface area (Å²) in [4.78, 5) is 21.8. The van der Waals surface area contributed by atoms with Crippen molar-refractivity contribution in [2.24, 2.45) is 5.92 Å². The van der Waals surface area contributed by atoms with Crippen molar-refractivity contribution >= 4 is 23.2 Å². The van der Waals surface area contributed by atoms with Crippen molar-refractivity contribution in [2.45, 2.75) is 31.7 Å². The molecule has 2 aromatic carbocycles. The second-order valence-corrected chi connectivity index (χ2v) is 9.78. The van der Waals surface area contributed by atoms with Crippen LogP contribution in [0.4, 0.5) is 18.9 Å². The van der Waals surface area contributed by atoms with E-state index in [0.717, 1.165) is 29.4 Å².